The van der Waals surface area contributed by atoms with E-state index < -0.39 is 26.8 Å². The first kappa shape index (κ1) is 17.1. The van der Waals surface area contributed by atoms with E-state index in [1.165, 1.54) is 0 Å². The number of aromatic amines is 1. The molecule has 3 aromatic rings. The molecule has 0 unspecified atom stereocenters. The molecule has 0 atom stereocenters. The molecule has 1 heterocycles. The third-order valence-electron chi connectivity index (χ3n) is 3.35. The molecule has 3 N–H and O–H groups in total. The van der Waals surface area contributed by atoms with Gasteiger partial charge in [-0.15, -0.1) is 0 Å². The SMILES string of the molecule is O=C(Nc1cccc(S(F)(F)(F)(F)F)c1)Nc1ccc2cc[nH]c2c1. The van der Waals surface area contributed by atoms with Gasteiger partial charge in [-0.05, 0) is 41.8 Å². The van der Waals surface area contributed by atoms with Crippen LogP contribution in [-0.4, -0.2) is 11.0 Å². The number of halogens is 5. The first-order valence-electron chi connectivity index (χ1n) is 6.90. The molecule has 2 aromatic carbocycles. The predicted octanol–water partition coefficient (Wildman–Crippen LogP) is 6.47. The first-order valence-corrected chi connectivity index (χ1v) is 8.85. The summed E-state index contributed by atoms with van der Waals surface area (Å²) < 4.78 is 64.0. The Morgan fingerprint density at radius 1 is 0.880 bits per heavy atom. The van der Waals surface area contributed by atoms with Gasteiger partial charge in [-0.2, -0.15) is 0 Å². The number of benzene rings is 2. The van der Waals surface area contributed by atoms with Crippen LogP contribution in [-0.2, 0) is 0 Å². The van der Waals surface area contributed by atoms with Crippen LogP contribution >= 0.6 is 10.2 Å². The largest absolute Gasteiger partial charge is 0.361 e. The number of carbonyl (C=O) groups is 1. The summed E-state index contributed by atoms with van der Waals surface area (Å²) in [6.45, 7) is 0. The molecule has 0 aliphatic heterocycles. The minimum Gasteiger partial charge on any atom is -0.361 e. The Morgan fingerprint density at radius 2 is 1.56 bits per heavy atom. The summed E-state index contributed by atoms with van der Waals surface area (Å²) in [5.74, 6) is 0. The van der Waals surface area contributed by atoms with Gasteiger partial charge in [0.25, 0.3) is 0 Å². The van der Waals surface area contributed by atoms with Crippen LogP contribution in [0.3, 0.4) is 0 Å². The van der Waals surface area contributed by atoms with Gasteiger partial charge in [-0.25, -0.2) is 4.79 Å². The van der Waals surface area contributed by atoms with Crippen LogP contribution in [0.15, 0.2) is 59.6 Å². The van der Waals surface area contributed by atoms with E-state index in [9.17, 15) is 24.2 Å². The van der Waals surface area contributed by atoms with Gasteiger partial charge in [-0.3, -0.25) is 0 Å². The van der Waals surface area contributed by atoms with Crippen LogP contribution in [0.2, 0.25) is 0 Å². The summed E-state index contributed by atoms with van der Waals surface area (Å²) in [6.07, 6.45) is 1.71. The Hall–Kier alpha value is -2.75. The van der Waals surface area contributed by atoms with Crippen molar-refractivity contribution in [3.63, 3.8) is 0 Å². The van der Waals surface area contributed by atoms with Gasteiger partial charge in [-0.1, -0.05) is 31.6 Å². The quantitative estimate of drug-likeness (QED) is 0.450. The zero-order valence-electron chi connectivity index (χ0n) is 12.4. The van der Waals surface area contributed by atoms with Gasteiger partial charge in [0, 0.05) is 23.1 Å². The highest BCUT2D eigenvalue weighted by Gasteiger charge is 2.65. The molecule has 0 spiro atoms. The van der Waals surface area contributed by atoms with Crippen LogP contribution in [0.1, 0.15) is 0 Å². The number of carbonyl (C=O) groups excluding carboxylic acids is 1. The second-order valence-corrected chi connectivity index (χ2v) is 7.76. The van der Waals surface area contributed by atoms with Crippen LogP contribution in [0, 0.1) is 0 Å². The Morgan fingerprint density at radius 3 is 2.24 bits per heavy atom. The number of hydrogen-bond donors (Lipinski definition) is 3. The van der Waals surface area contributed by atoms with Crippen molar-refractivity contribution in [2.24, 2.45) is 0 Å². The Kier molecular flexibility index (Phi) is 3.34. The maximum atomic E-state index is 12.8. The van der Waals surface area contributed by atoms with Crippen molar-refractivity contribution >= 4 is 38.5 Å². The van der Waals surface area contributed by atoms with Crippen molar-refractivity contribution < 1.29 is 24.2 Å². The molecule has 0 aliphatic rings. The molecular weight excluding hydrogens is 365 g/mol. The summed E-state index contributed by atoms with van der Waals surface area (Å²) in [6, 6.07) is 8.28. The number of urea groups is 1. The fraction of sp³-hybridized carbons (Fsp3) is 0. The normalized spacial score (nSPS) is 14.6. The molecule has 0 fully saturated rings. The molecular formula is C15H12F5N3OS. The molecule has 0 saturated carbocycles. The van der Waals surface area contributed by atoms with E-state index in [2.05, 4.69) is 15.6 Å². The van der Waals surface area contributed by atoms with E-state index in [4.69, 9.17) is 0 Å². The molecule has 25 heavy (non-hydrogen) atoms. The number of aromatic nitrogens is 1. The summed E-state index contributed by atoms with van der Waals surface area (Å²) in [5, 5.41) is 5.44. The fourth-order valence-corrected chi connectivity index (χ4v) is 2.92. The number of anilines is 2. The van der Waals surface area contributed by atoms with Crippen molar-refractivity contribution in [1.29, 1.82) is 0 Å². The van der Waals surface area contributed by atoms with E-state index in [-0.39, 0.29) is 12.1 Å². The van der Waals surface area contributed by atoms with Crippen molar-refractivity contribution in [3.8, 4) is 0 Å². The highest BCUT2D eigenvalue weighted by Crippen LogP contribution is 3.02. The maximum absolute atomic E-state index is 12.8. The summed E-state index contributed by atoms with van der Waals surface area (Å²) in [7, 11) is -9.80. The Labute approximate surface area is 138 Å². The molecule has 0 radical (unpaired) electrons. The van der Waals surface area contributed by atoms with Gasteiger partial charge in [0.1, 0.15) is 4.90 Å². The first-order chi connectivity index (χ1) is 11.4. The Bertz CT molecular complexity index is 969. The highest BCUT2D eigenvalue weighted by molar-refractivity contribution is 8.45. The van der Waals surface area contributed by atoms with Gasteiger partial charge in [0.15, 0.2) is 0 Å². The highest BCUT2D eigenvalue weighted by atomic mass is 32.5. The number of rotatable bonds is 3. The Balaban J connectivity index is 1.77. The smallest absolute Gasteiger partial charge is 0.323 e. The second kappa shape index (κ2) is 4.88. The minimum absolute atomic E-state index is 0.204. The van der Waals surface area contributed by atoms with Crippen molar-refractivity contribution in [2.75, 3.05) is 10.6 Å². The van der Waals surface area contributed by atoms with Gasteiger partial charge >= 0.3 is 16.3 Å². The van der Waals surface area contributed by atoms with Gasteiger partial charge in [0.2, 0.25) is 0 Å². The molecule has 134 valence electrons. The maximum Gasteiger partial charge on any atom is 0.323 e. The zero-order valence-corrected chi connectivity index (χ0v) is 13.2. The lowest BCUT2D eigenvalue weighted by Crippen LogP contribution is -2.19. The summed E-state index contributed by atoms with van der Waals surface area (Å²) in [4.78, 5) is 12.8. The standard InChI is InChI=1S/C15H12F5N3OS/c16-25(17,18,19,20)13-3-1-2-11(8-13)22-15(24)23-12-5-4-10-6-7-21-14(10)9-12/h1-9,21H,(H2,22,23,24). The summed E-state index contributed by atoms with van der Waals surface area (Å²) >= 11 is 0. The fourth-order valence-electron chi connectivity index (χ4n) is 2.23. The van der Waals surface area contributed by atoms with Crippen LogP contribution in [0.25, 0.3) is 10.9 Å². The van der Waals surface area contributed by atoms with Gasteiger partial charge in [0.05, 0.1) is 0 Å². The average Bonchev–Trinajstić information content (AvgIpc) is 2.92. The monoisotopic (exact) mass is 377 g/mol. The lowest BCUT2D eigenvalue weighted by Gasteiger charge is -2.40. The van der Waals surface area contributed by atoms with Gasteiger partial charge < -0.3 is 15.6 Å². The average molecular weight is 377 g/mol. The zero-order chi connectivity index (χ0) is 18.4. The minimum atomic E-state index is -9.80. The topological polar surface area (TPSA) is 56.9 Å². The third kappa shape index (κ3) is 4.02. The molecule has 0 saturated heterocycles. The van der Waals surface area contributed by atoms with Crippen LogP contribution in [0.5, 0.6) is 0 Å². The molecule has 0 aliphatic carbocycles. The van der Waals surface area contributed by atoms with Crippen molar-refractivity contribution in [1.82, 2.24) is 4.98 Å². The third-order valence-corrected chi connectivity index (χ3v) is 4.50. The van der Waals surface area contributed by atoms with E-state index in [0.29, 0.717) is 5.69 Å². The molecule has 0 bridgehead atoms. The molecule has 10 heteroatoms. The molecule has 3 rings (SSSR count). The number of amides is 2. The van der Waals surface area contributed by atoms with E-state index in [1.54, 1.807) is 24.4 Å². The number of H-pyrrole nitrogens is 1. The second-order valence-electron chi connectivity index (χ2n) is 5.36. The number of hydrogen-bond acceptors (Lipinski definition) is 1. The van der Waals surface area contributed by atoms with Crippen molar-refractivity contribution in [3.05, 3.63) is 54.7 Å². The molecule has 1 aromatic heterocycles. The van der Waals surface area contributed by atoms with Crippen LogP contribution in [0.4, 0.5) is 35.6 Å². The van der Waals surface area contributed by atoms with Crippen LogP contribution < -0.4 is 10.6 Å². The lowest BCUT2D eigenvalue weighted by atomic mass is 10.2. The van der Waals surface area contributed by atoms with E-state index >= 15 is 0 Å². The van der Waals surface area contributed by atoms with Crippen molar-refractivity contribution in [2.45, 2.75) is 4.90 Å². The summed E-state index contributed by atoms with van der Waals surface area (Å²) in [5.41, 5.74) is 0.737. The molecule has 4 nitrogen and oxygen atoms in total. The van der Waals surface area contributed by atoms with E-state index in [1.807, 2.05) is 6.07 Å². The predicted molar refractivity (Wildman–Crippen MR) is 88.8 cm³/mol. The number of fused-ring (bicyclic) bond motifs is 1. The van der Waals surface area contributed by atoms with E-state index in [0.717, 1.165) is 23.0 Å². The number of nitrogens with one attached hydrogen (secondary N) is 3. The molecule has 2 amide bonds. The lowest BCUT2D eigenvalue weighted by molar-refractivity contribution is 0.262.